The summed E-state index contributed by atoms with van der Waals surface area (Å²) in [6.07, 6.45) is -0.398. The Kier molecular flexibility index (Phi) is 10.5. The Hall–Kier alpha value is -5.11. The molecule has 0 heterocycles. The van der Waals surface area contributed by atoms with Gasteiger partial charge in [0.1, 0.15) is 31.0 Å². The third kappa shape index (κ3) is 9.54. The fraction of sp³-hybridized carbons (Fsp3) is 0.182. The third-order valence-electron chi connectivity index (χ3n) is 6.35. The highest BCUT2D eigenvalue weighted by Gasteiger charge is 2.27. The molecule has 0 aromatic heterocycles. The molecule has 4 aromatic carbocycles. The molecular weight excluding hydrogens is 518 g/mol. The van der Waals surface area contributed by atoms with Crippen molar-refractivity contribution < 1.29 is 23.9 Å². The van der Waals surface area contributed by atoms with Crippen molar-refractivity contribution in [2.45, 2.75) is 38.1 Å². The lowest BCUT2D eigenvalue weighted by Crippen LogP contribution is -2.54. The molecule has 8 heteroatoms. The molecule has 0 saturated carbocycles. The SMILES string of the molecule is NC(=O)[C@H](Cc1cccc(OCc2ccccc2)c1)NC(=O)[C@H](Cc1ccccc1)NC(=O)OCc1ccccc1. The molecule has 210 valence electrons. The average Bonchev–Trinajstić information content (AvgIpc) is 3.00. The molecule has 0 aliphatic heterocycles. The Morgan fingerprint density at radius 2 is 1.15 bits per heavy atom. The topological polar surface area (TPSA) is 120 Å². The number of carbonyl (C=O) groups is 3. The maximum absolute atomic E-state index is 13.4. The summed E-state index contributed by atoms with van der Waals surface area (Å²) in [5, 5.41) is 5.36. The second-order valence-electron chi connectivity index (χ2n) is 9.54. The number of ether oxygens (including phenoxy) is 2. The zero-order valence-electron chi connectivity index (χ0n) is 22.6. The average molecular weight is 552 g/mol. The van der Waals surface area contributed by atoms with E-state index in [1.807, 2.05) is 115 Å². The van der Waals surface area contributed by atoms with Crippen molar-refractivity contribution in [2.24, 2.45) is 5.73 Å². The highest BCUT2D eigenvalue weighted by molar-refractivity contribution is 5.91. The van der Waals surface area contributed by atoms with Gasteiger partial charge in [0.25, 0.3) is 0 Å². The summed E-state index contributed by atoms with van der Waals surface area (Å²) in [4.78, 5) is 38.4. The summed E-state index contributed by atoms with van der Waals surface area (Å²) in [5.74, 6) is -0.615. The molecule has 0 bridgehead atoms. The van der Waals surface area contributed by atoms with Crippen LogP contribution in [0.5, 0.6) is 5.75 Å². The van der Waals surface area contributed by atoms with Crippen LogP contribution < -0.4 is 21.1 Å². The maximum atomic E-state index is 13.4. The quantitative estimate of drug-likeness (QED) is 0.229. The number of hydrogen-bond acceptors (Lipinski definition) is 5. The van der Waals surface area contributed by atoms with Crippen LogP contribution in [0.4, 0.5) is 4.79 Å². The summed E-state index contributed by atoms with van der Waals surface area (Å²) >= 11 is 0. The molecule has 3 amide bonds. The highest BCUT2D eigenvalue weighted by Crippen LogP contribution is 2.17. The van der Waals surface area contributed by atoms with Gasteiger partial charge in [0.2, 0.25) is 11.8 Å². The summed E-state index contributed by atoms with van der Waals surface area (Å²) in [7, 11) is 0. The van der Waals surface area contributed by atoms with Crippen molar-refractivity contribution >= 4 is 17.9 Å². The van der Waals surface area contributed by atoms with Crippen molar-refractivity contribution in [3.8, 4) is 5.75 Å². The first kappa shape index (κ1) is 28.9. The second-order valence-corrected chi connectivity index (χ2v) is 9.54. The van der Waals surface area contributed by atoms with E-state index in [4.69, 9.17) is 15.2 Å². The maximum Gasteiger partial charge on any atom is 0.408 e. The van der Waals surface area contributed by atoms with Gasteiger partial charge in [-0.3, -0.25) is 9.59 Å². The van der Waals surface area contributed by atoms with Gasteiger partial charge in [0.05, 0.1) is 0 Å². The minimum absolute atomic E-state index is 0.0545. The normalized spacial score (nSPS) is 12.0. The van der Waals surface area contributed by atoms with Crippen LogP contribution in [0.15, 0.2) is 115 Å². The number of rotatable bonds is 13. The monoisotopic (exact) mass is 551 g/mol. The van der Waals surface area contributed by atoms with Crippen LogP contribution >= 0.6 is 0 Å². The molecule has 4 aromatic rings. The molecular formula is C33H33N3O5. The smallest absolute Gasteiger partial charge is 0.408 e. The molecule has 0 aliphatic rings. The first-order chi connectivity index (χ1) is 20.0. The molecule has 0 spiro atoms. The molecule has 41 heavy (non-hydrogen) atoms. The Morgan fingerprint density at radius 3 is 1.76 bits per heavy atom. The minimum atomic E-state index is -1.01. The van der Waals surface area contributed by atoms with Crippen molar-refractivity contribution in [2.75, 3.05) is 0 Å². The van der Waals surface area contributed by atoms with Crippen LogP contribution in [0.1, 0.15) is 22.3 Å². The molecule has 0 unspecified atom stereocenters. The number of benzene rings is 4. The summed E-state index contributed by atoms with van der Waals surface area (Å²) in [6, 6.07) is 33.5. The fourth-order valence-corrected chi connectivity index (χ4v) is 4.20. The van der Waals surface area contributed by atoms with E-state index in [1.54, 1.807) is 0 Å². The number of alkyl carbamates (subject to hydrolysis) is 1. The van der Waals surface area contributed by atoms with Crippen molar-refractivity contribution in [3.63, 3.8) is 0 Å². The van der Waals surface area contributed by atoms with E-state index in [1.165, 1.54) is 0 Å². The lowest BCUT2D eigenvalue weighted by Gasteiger charge is -2.22. The number of primary amides is 1. The van der Waals surface area contributed by atoms with Gasteiger partial charge >= 0.3 is 6.09 Å². The number of amides is 3. The van der Waals surface area contributed by atoms with Crippen molar-refractivity contribution in [3.05, 3.63) is 138 Å². The molecule has 0 fully saturated rings. The van der Waals surface area contributed by atoms with E-state index in [0.717, 1.165) is 22.3 Å². The predicted molar refractivity (Wildman–Crippen MR) is 156 cm³/mol. The standard InChI is InChI=1S/C33H33N3O5/c34-31(37)29(21-27-17-10-18-28(19-27)40-22-25-13-6-2-7-14-25)35-32(38)30(20-24-11-4-1-5-12-24)36-33(39)41-23-26-15-8-3-9-16-26/h1-19,29-30H,20-23H2,(H2,34,37)(H,35,38)(H,36,39)/t29-,30-/m0/s1. The molecule has 0 saturated heterocycles. The zero-order chi connectivity index (χ0) is 28.9. The zero-order valence-corrected chi connectivity index (χ0v) is 22.6. The van der Waals surface area contributed by atoms with Crippen molar-refractivity contribution in [1.29, 1.82) is 0 Å². The predicted octanol–water partition coefficient (Wildman–Crippen LogP) is 4.32. The molecule has 0 aliphatic carbocycles. The van der Waals surface area contributed by atoms with Crippen LogP contribution in [0.3, 0.4) is 0 Å². The Labute approximate surface area is 239 Å². The Balaban J connectivity index is 1.40. The first-order valence-electron chi connectivity index (χ1n) is 13.3. The van der Waals surface area contributed by atoms with Gasteiger partial charge in [-0.15, -0.1) is 0 Å². The van der Waals surface area contributed by atoms with Gasteiger partial charge in [-0.2, -0.15) is 0 Å². The highest BCUT2D eigenvalue weighted by atomic mass is 16.5. The number of nitrogens with one attached hydrogen (secondary N) is 2. The molecule has 0 radical (unpaired) electrons. The first-order valence-corrected chi connectivity index (χ1v) is 13.3. The lowest BCUT2D eigenvalue weighted by atomic mass is 10.0. The summed E-state index contributed by atoms with van der Waals surface area (Å²) < 4.78 is 11.2. The van der Waals surface area contributed by atoms with Crippen LogP contribution in [0, 0.1) is 0 Å². The Bertz CT molecular complexity index is 1410. The van der Waals surface area contributed by atoms with Gasteiger partial charge in [-0.25, -0.2) is 4.79 Å². The van der Waals surface area contributed by atoms with Gasteiger partial charge in [0.15, 0.2) is 0 Å². The van der Waals surface area contributed by atoms with Crippen molar-refractivity contribution in [1.82, 2.24) is 10.6 Å². The van der Waals surface area contributed by atoms with Crippen LogP contribution in [-0.2, 0) is 40.4 Å². The van der Waals surface area contributed by atoms with Crippen LogP contribution in [-0.4, -0.2) is 30.0 Å². The van der Waals surface area contributed by atoms with E-state index in [-0.39, 0.29) is 19.4 Å². The molecule has 8 nitrogen and oxygen atoms in total. The number of hydrogen-bond donors (Lipinski definition) is 3. The third-order valence-corrected chi connectivity index (χ3v) is 6.35. The molecule has 4 N–H and O–H groups in total. The fourth-order valence-electron chi connectivity index (χ4n) is 4.20. The summed E-state index contributed by atoms with van der Waals surface area (Å²) in [6.45, 7) is 0.451. The van der Waals surface area contributed by atoms with E-state index in [9.17, 15) is 14.4 Å². The van der Waals surface area contributed by atoms with E-state index in [0.29, 0.717) is 12.4 Å². The van der Waals surface area contributed by atoms with Gasteiger partial charge in [-0.05, 0) is 34.4 Å². The van der Waals surface area contributed by atoms with Gasteiger partial charge < -0.3 is 25.8 Å². The van der Waals surface area contributed by atoms with Gasteiger partial charge in [0, 0.05) is 12.8 Å². The van der Waals surface area contributed by atoms with Crippen LogP contribution in [0.25, 0.3) is 0 Å². The largest absolute Gasteiger partial charge is 0.489 e. The van der Waals surface area contributed by atoms with E-state index in [2.05, 4.69) is 10.6 Å². The van der Waals surface area contributed by atoms with Crippen LogP contribution in [0.2, 0.25) is 0 Å². The van der Waals surface area contributed by atoms with E-state index >= 15 is 0 Å². The summed E-state index contributed by atoms with van der Waals surface area (Å²) in [5.41, 5.74) is 9.10. The molecule has 2 atom stereocenters. The van der Waals surface area contributed by atoms with Gasteiger partial charge in [-0.1, -0.05) is 103 Å². The number of nitrogens with two attached hydrogens (primary N) is 1. The Morgan fingerprint density at radius 1 is 0.610 bits per heavy atom. The molecule has 4 rings (SSSR count). The van der Waals surface area contributed by atoms with E-state index < -0.39 is 30.0 Å². The number of carbonyl (C=O) groups excluding carboxylic acids is 3. The minimum Gasteiger partial charge on any atom is -0.489 e. The second kappa shape index (κ2) is 14.9. The lowest BCUT2D eigenvalue weighted by molar-refractivity contribution is -0.128.